The highest BCUT2D eigenvalue weighted by Crippen LogP contribution is 2.22. The topological polar surface area (TPSA) is 70.9 Å². The number of nitrogens with zero attached hydrogens (tertiary/aromatic N) is 7. The molecule has 0 atom stereocenters. The van der Waals surface area contributed by atoms with Crippen molar-refractivity contribution in [2.45, 2.75) is 39.3 Å². The minimum Gasteiger partial charge on any atom is -0.286 e. The van der Waals surface area contributed by atoms with Crippen molar-refractivity contribution in [1.82, 2.24) is 34.7 Å². The summed E-state index contributed by atoms with van der Waals surface area (Å²) in [6.07, 6.45) is 0. The van der Waals surface area contributed by atoms with Crippen LogP contribution in [0.15, 0.2) is 91.0 Å². The van der Waals surface area contributed by atoms with Gasteiger partial charge in [0.1, 0.15) is 0 Å². The Hall–Kier alpha value is -4.33. The van der Waals surface area contributed by atoms with E-state index in [-0.39, 0.29) is 0 Å². The molecule has 2 aliphatic heterocycles. The van der Waals surface area contributed by atoms with Crippen LogP contribution in [0.25, 0.3) is 22.8 Å². The normalized spacial score (nSPS) is 18.4. The van der Waals surface area contributed by atoms with Gasteiger partial charge in [0.2, 0.25) is 0 Å². The van der Waals surface area contributed by atoms with Crippen LogP contribution >= 0.6 is 0 Å². The molecule has 186 valence electrons. The molecule has 38 heavy (non-hydrogen) atoms. The van der Waals surface area contributed by atoms with Gasteiger partial charge in [0.15, 0.2) is 0 Å². The number of fused-ring (bicyclic) bond motifs is 12. The zero-order valence-electron chi connectivity index (χ0n) is 21.0. The van der Waals surface area contributed by atoms with Gasteiger partial charge in [0, 0.05) is 39.3 Å². The van der Waals surface area contributed by atoms with Crippen LogP contribution in [0.4, 0.5) is 0 Å². The lowest BCUT2D eigenvalue weighted by molar-refractivity contribution is 0.232. The quantitative estimate of drug-likeness (QED) is 0.297. The Kier molecular flexibility index (Phi) is 5.92. The fourth-order valence-corrected chi connectivity index (χ4v) is 5.26. The summed E-state index contributed by atoms with van der Waals surface area (Å²) in [5.74, 6) is 0. The monoisotopic (exact) mass is 497 g/mol. The van der Waals surface area contributed by atoms with E-state index in [0.717, 1.165) is 56.9 Å². The van der Waals surface area contributed by atoms with Gasteiger partial charge in [-0.05, 0) is 60.7 Å². The fraction of sp³-hybridized carbons (Fsp3) is 0.194. The van der Waals surface area contributed by atoms with Gasteiger partial charge in [0.25, 0.3) is 0 Å². The van der Waals surface area contributed by atoms with Gasteiger partial charge < -0.3 is 0 Å². The molecule has 7 rings (SSSR count). The number of hydrogen-bond donors (Lipinski definition) is 0. The molecular formula is C31H27N7. The van der Waals surface area contributed by atoms with Gasteiger partial charge in [-0.15, -0.1) is 0 Å². The largest absolute Gasteiger partial charge is 0.286 e. The van der Waals surface area contributed by atoms with E-state index in [9.17, 15) is 0 Å². The summed E-state index contributed by atoms with van der Waals surface area (Å²) >= 11 is 0. The van der Waals surface area contributed by atoms with Crippen molar-refractivity contribution in [1.29, 1.82) is 0 Å². The Bertz CT molecular complexity index is 1400. The standard InChI is InChI=1S/C31H27N7/c1-6-22-16-37-18-24-8-2-12-28(33-24)29-13-3-9-25(34-29)20-38(17-23(7-1)32-22)21-27-11-5-15-31(36-27)30-14-4-10-26(19-37)35-30/h1-15H,16-21H2. The Balaban J connectivity index is 1.43. The van der Waals surface area contributed by atoms with E-state index in [1.54, 1.807) is 0 Å². The van der Waals surface area contributed by atoms with Crippen LogP contribution in [0.1, 0.15) is 34.2 Å². The summed E-state index contributed by atoms with van der Waals surface area (Å²) in [6.45, 7) is 4.08. The molecule has 0 aromatic carbocycles. The molecule has 5 aromatic rings. The third-order valence-corrected chi connectivity index (χ3v) is 6.93. The molecule has 0 amide bonds. The van der Waals surface area contributed by atoms with Gasteiger partial charge in [-0.25, -0.2) is 19.9 Å². The van der Waals surface area contributed by atoms with Crippen LogP contribution in [0.3, 0.4) is 0 Å². The first-order valence-electron chi connectivity index (χ1n) is 13.0. The van der Waals surface area contributed by atoms with Crippen LogP contribution in [0.5, 0.6) is 0 Å². The summed E-state index contributed by atoms with van der Waals surface area (Å²) in [6, 6.07) is 31.1. The van der Waals surface area contributed by atoms with Crippen molar-refractivity contribution in [3.05, 3.63) is 125 Å². The van der Waals surface area contributed by atoms with E-state index >= 15 is 0 Å². The van der Waals surface area contributed by atoms with Gasteiger partial charge in [-0.1, -0.05) is 30.3 Å². The fourth-order valence-electron chi connectivity index (χ4n) is 5.26. The molecule has 0 unspecified atom stereocenters. The van der Waals surface area contributed by atoms with Crippen molar-refractivity contribution >= 4 is 0 Å². The lowest BCUT2D eigenvalue weighted by atomic mass is 10.2. The predicted octanol–water partition coefficient (Wildman–Crippen LogP) is 5.03. The smallest absolute Gasteiger partial charge is 0.0890 e. The molecule has 0 saturated heterocycles. The van der Waals surface area contributed by atoms with Gasteiger partial charge in [-0.3, -0.25) is 14.8 Å². The highest BCUT2D eigenvalue weighted by molar-refractivity contribution is 5.55. The lowest BCUT2D eigenvalue weighted by Gasteiger charge is -2.23. The average molecular weight is 498 g/mol. The maximum atomic E-state index is 5.07. The Morgan fingerprint density at radius 1 is 0.316 bits per heavy atom. The number of rotatable bonds is 0. The maximum absolute atomic E-state index is 5.07. The lowest BCUT2D eigenvalue weighted by Crippen LogP contribution is -2.25. The minimum atomic E-state index is 0.672. The third-order valence-electron chi connectivity index (χ3n) is 6.93. The van der Waals surface area contributed by atoms with Crippen molar-refractivity contribution < 1.29 is 0 Å². The number of aromatic nitrogens is 5. The highest BCUT2D eigenvalue weighted by atomic mass is 15.2. The Morgan fingerprint density at radius 3 is 0.842 bits per heavy atom. The molecule has 0 N–H and O–H groups in total. The summed E-state index contributed by atoms with van der Waals surface area (Å²) in [5.41, 5.74) is 9.61. The second-order valence-electron chi connectivity index (χ2n) is 9.97. The first-order valence-corrected chi connectivity index (χ1v) is 13.0. The molecule has 0 spiro atoms. The molecule has 12 bridgehead atoms. The molecule has 2 aliphatic rings. The van der Waals surface area contributed by atoms with Crippen molar-refractivity contribution in [3.8, 4) is 22.8 Å². The van der Waals surface area contributed by atoms with Crippen LogP contribution in [0.2, 0.25) is 0 Å². The summed E-state index contributed by atoms with van der Waals surface area (Å²) < 4.78 is 0. The molecule has 7 heteroatoms. The number of pyridine rings is 5. The molecule has 7 heterocycles. The molecule has 0 aliphatic carbocycles. The maximum Gasteiger partial charge on any atom is 0.0890 e. The second-order valence-corrected chi connectivity index (χ2v) is 9.97. The van der Waals surface area contributed by atoms with Gasteiger partial charge >= 0.3 is 0 Å². The SMILES string of the molecule is c1cc2nc(c1)CN1Cc3cccc(n3)-c3cccc(n3)CN(C2)Cc2cccc(n2)-c2cccc(n2)C1. The van der Waals surface area contributed by atoms with Crippen molar-refractivity contribution in [2.24, 2.45) is 0 Å². The average Bonchev–Trinajstić information content (AvgIpc) is 2.93. The first-order chi connectivity index (χ1) is 18.7. The molecule has 7 nitrogen and oxygen atoms in total. The first kappa shape index (κ1) is 22.8. The van der Waals surface area contributed by atoms with Gasteiger partial charge in [0.05, 0.1) is 56.9 Å². The van der Waals surface area contributed by atoms with E-state index in [0.29, 0.717) is 39.3 Å². The van der Waals surface area contributed by atoms with E-state index in [1.165, 1.54) is 0 Å². The summed E-state index contributed by atoms with van der Waals surface area (Å²) in [4.78, 5) is 29.8. The van der Waals surface area contributed by atoms with Gasteiger partial charge in [-0.2, -0.15) is 0 Å². The summed E-state index contributed by atoms with van der Waals surface area (Å²) in [7, 11) is 0. The van der Waals surface area contributed by atoms with Crippen molar-refractivity contribution in [3.63, 3.8) is 0 Å². The van der Waals surface area contributed by atoms with E-state index in [4.69, 9.17) is 24.9 Å². The van der Waals surface area contributed by atoms with E-state index < -0.39 is 0 Å². The third kappa shape index (κ3) is 4.94. The van der Waals surface area contributed by atoms with Crippen LogP contribution in [0, 0.1) is 0 Å². The zero-order valence-corrected chi connectivity index (χ0v) is 21.0. The molecule has 5 aromatic heterocycles. The molecule has 0 saturated carbocycles. The molecule has 0 radical (unpaired) electrons. The van der Waals surface area contributed by atoms with Crippen LogP contribution in [-0.4, -0.2) is 34.7 Å². The zero-order chi connectivity index (χ0) is 25.3. The molecular weight excluding hydrogens is 470 g/mol. The number of hydrogen-bond acceptors (Lipinski definition) is 7. The van der Waals surface area contributed by atoms with Crippen molar-refractivity contribution in [2.75, 3.05) is 0 Å². The minimum absolute atomic E-state index is 0.672. The highest BCUT2D eigenvalue weighted by Gasteiger charge is 2.17. The van der Waals surface area contributed by atoms with Crippen LogP contribution in [-0.2, 0) is 39.3 Å². The van der Waals surface area contributed by atoms with Crippen LogP contribution < -0.4 is 0 Å². The van der Waals surface area contributed by atoms with E-state index in [1.807, 2.05) is 24.3 Å². The Morgan fingerprint density at radius 2 is 0.553 bits per heavy atom. The molecule has 0 fully saturated rings. The summed E-state index contributed by atoms with van der Waals surface area (Å²) in [5, 5.41) is 0. The predicted molar refractivity (Wildman–Crippen MR) is 145 cm³/mol. The second kappa shape index (κ2) is 9.85. The Labute approximate surface area is 221 Å². The van der Waals surface area contributed by atoms with E-state index in [2.05, 4.69) is 76.5 Å².